The van der Waals surface area contributed by atoms with Gasteiger partial charge in [-0.05, 0) is 56.2 Å². The molecule has 0 amide bonds. The molecule has 5 heteroatoms. The van der Waals surface area contributed by atoms with E-state index >= 15 is 0 Å². The number of nitrogens with one attached hydrogen (secondary N) is 1. The van der Waals surface area contributed by atoms with Gasteiger partial charge in [-0.15, -0.1) is 0 Å². The third-order valence-electron chi connectivity index (χ3n) is 4.79. The first-order valence-electron chi connectivity index (χ1n) is 9.51. The van der Waals surface area contributed by atoms with Crippen LogP contribution in [0.2, 0.25) is 0 Å². The maximum absolute atomic E-state index is 8.59. The van der Waals surface area contributed by atoms with Crippen LogP contribution < -0.4 is 14.8 Å². The SMILES string of the molecule is COc1ccc2oc(C(C)NCc3cccc(OCCCC#N)c3)c(C)c2c1. The molecule has 0 saturated carbocycles. The van der Waals surface area contributed by atoms with E-state index < -0.39 is 0 Å². The number of hydrogen-bond donors (Lipinski definition) is 1. The Labute approximate surface area is 165 Å². The van der Waals surface area contributed by atoms with E-state index in [0.29, 0.717) is 19.6 Å². The Hall–Kier alpha value is -2.97. The Bertz CT molecular complexity index is 972. The number of unbranched alkanes of at least 4 members (excludes halogenated alkanes) is 1. The molecule has 146 valence electrons. The highest BCUT2D eigenvalue weighted by atomic mass is 16.5. The molecule has 0 saturated heterocycles. The third kappa shape index (κ3) is 4.65. The smallest absolute Gasteiger partial charge is 0.134 e. The number of ether oxygens (including phenoxy) is 2. The quantitative estimate of drug-likeness (QED) is 0.513. The van der Waals surface area contributed by atoms with Crippen molar-refractivity contribution >= 4 is 11.0 Å². The molecule has 3 aromatic rings. The van der Waals surface area contributed by atoms with Gasteiger partial charge in [-0.2, -0.15) is 5.26 Å². The molecule has 0 fully saturated rings. The monoisotopic (exact) mass is 378 g/mol. The van der Waals surface area contributed by atoms with E-state index in [2.05, 4.69) is 31.3 Å². The summed E-state index contributed by atoms with van der Waals surface area (Å²) in [6, 6.07) is 16.1. The minimum atomic E-state index is 0.0681. The van der Waals surface area contributed by atoms with Gasteiger partial charge >= 0.3 is 0 Å². The molecule has 3 rings (SSSR count). The van der Waals surface area contributed by atoms with Crippen molar-refractivity contribution in [2.45, 2.75) is 39.3 Å². The number of furan rings is 1. The predicted octanol–water partition coefficient (Wildman–Crippen LogP) is 5.28. The van der Waals surface area contributed by atoms with Crippen LogP contribution in [0.5, 0.6) is 11.5 Å². The van der Waals surface area contributed by atoms with Crippen LogP contribution in [0.15, 0.2) is 46.9 Å². The fourth-order valence-corrected chi connectivity index (χ4v) is 3.21. The van der Waals surface area contributed by atoms with E-state index in [1.807, 2.05) is 36.4 Å². The van der Waals surface area contributed by atoms with Crippen molar-refractivity contribution in [1.29, 1.82) is 5.26 Å². The van der Waals surface area contributed by atoms with Crippen molar-refractivity contribution < 1.29 is 13.9 Å². The molecule has 5 nitrogen and oxygen atoms in total. The summed E-state index contributed by atoms with van der Waals surface area (Å²) in [5.74, 6) is 2.60. The molecule has 0 bridgehead atoms. The van der Waals surface area contributed by atoms with E-state index in [-0.39, 0.29) is 6.04 Å². The number of hydrogen-bond acceptors (Lipinski definition) is 5. The number of nitrogens with zero attached hydrogens (tertiary/aromatic N) is 1. The third-order valence-corrected chi connectivity index (χ3v) is 4.79. The van der Waals surface area contributed by atoms with Crippen LogP contribution >= 0.6 is 0 Å². The number of fused-ring (bicyclic) bond motifs is 1. The van der Waals surface area contributed by atoms with Crippen LogP contribution in [0.3, 0.4) is 0 Å². The number of benzene rings is 2. The van der Waals surface area contributed by atoms with E-state index in [1.54, 1.807) is 7.11 Å². The number of aryl methyl sites for hydroxylation is 1. The summed E-state index contributed by atoms with van der Waals surface area (Å²) in [7, 11) is 1.67. The lowest BCUT2D eigenvalue weighted by atomic mass is 10.1. The lowest BCUT2D eigenvalue weighted by Gasteiger charge is -2.13. The van der Waals surface area contributed by atoms with Gasteiger partial charge in [0.1, 0.15) is 22.8 Å². The number of nitriles is 1. The summed E-state index contributed by atoms with van der Waals surface area (Å²) in [5.41, 5.74) is 3.14. The number of rotatable bonds is 9. The number of methoxy groups -OCH3 is 1. The molecule has 1 unspecified atom stereocenters. The summed E-state index contributed by atoms with van der Waals surface area (Å²) in [4.78, 5) is 0. The van der Waals surface area contributed by atoms with Crippen LogP contribution in [-0.2, 0) is 6.54 Å². The van der Waals surface area contributed by atoms with E-state index in [0.717, 1.165) is 45.8 Å². The highest BCUT2D eigenvalue weighted by Gasteiger charge is 2.17. The first-order valence-corrected chi connectivity index (χ1v) is 9.51. The average molecular weight is 378 g/mol. The van der Waals surface area contributed by atoms with Crippen molar-refractivity contribution in [3.63, 3.8) is 0 Å². The minimum Gasteiger partial charge on any atom is -0.497 e. The largest absolute Gasteiger partial charge is 0.497 e. The molecule has 1 atom stereocenters. The lowest BCUT2D eigenvalue weighted by molar-refractivity contribution is 0.312. The molecule has 0 aliphatic heterocycles. The van der Waals surface area contributed by atoms with Gasteiger partial charge in [-0.25, -0.2) is 0 Å². The summed E-state index contributed by atoms with van der Waals surface area (Å²) in [6.45, 7) is 5.44. The molecule has 0 radical (unpaired) electrons. The average Bonchev–Trinajstić information content (AvgIpc) is 3.06. The fraction of sp³-hybridized carbons (Fsp3) is 0.348. The Morgan fingerprint density at radius 2 is 2.04 bits per heavy atom. The normalized spacial score (nSPS) is 11.9. The van der Waals surface area contributed by atoms with Crippen LogP contribution in [0, 0.1) is 18.3 Å². The zero-order valence-corrected chi connectivity index (χ0v) is 16.6. The van der Waals surface area contributed by atoms with Crippen molar-refractivity contribution in [2.24, 2.45) is 0 Å². The molecule has 1 aromatic heterocycles. The van der Waals surface area contributed by atoms with Crippen LogP contribution in [0.25, 0.3) is 11.0 Å². The molecule has 0 spiro atoms. The summed E-state index contributed by atoms with van der Waals surface area (Å²) < 4.78 is 17.1. The Morgan fingerprint density at radius 1 is 1.18 bits per heavy atom. The van der Waals surface area contributed by atoms with Crippen LogP contribution in [0.4, 0.5) is 0 Å². The maximum Gasteiger partial charge on any atom is 0.134 e. The maximum atomic E-state index is 8.59. The molecule has 28 heavy (non-hydrogen) atoms. The Morgan fingerprint density at radius 3 is 2.82 bits per heavy atom. The van der Waals surface area contributed by atoms with Gasteiger partial charge < -0.3 is 19.2 Å². The van der Waals surface area contributed by atoms with Crippen molar-refractivity contribution in [2.75, 3.05) is 13.7 Å². The second kappa shape index (κ2) is 9.29. The minimum absolute atomic E-state index is 0.0681. The van der Waals surface area contributed by atoms with Crippen molar-refractivity contribution in [3.8, 4) is 17.6 Å². The molecule has 2 aromatic carbocycles. The van der Waals surface area contributed by atoms with E-state index in [1.165, 1.54) is 0 Å². The fourth-order valence-electron chi connectivity index (χ4n) is 3.21. The van der Waals surface area contributed by atoms with Crippen molar-refractivity contribution in [3.05, 3.63) is 59.4 Å². The Balaban J connectivity index is 1.64. The molecule has 1 heterocycles. The molecule has 1 N–H and O–H groups in total. The zero-order chi connectivity index (χ0) is 19.9. The molecule has 0 aliphatic carbocycles. The highest BCUT2D eigenvalue weighted by molar-refractivity contribution is 5.83. The standard InChI is InChI=1S/C23H26N2O3/c1-16-21-14-19(26-3)9-10-22(21)28-23(16)17(2)25-15-18-7-6-8-20(13-18)27-12-5-4-11-24/h6-10,13-14,17,25H,4-5,12,15H2,1-3H3. The lowest BCUT2D eigenvalue weighted by Crippen LogP contribution is -2.18. The predicted molar refractivity (Wildman–Crippen MR) is 110 cm³/mol. The second-order valence-electron chi connectivity index (χ2n) is 6.81. The Kier molecular flexibility index (Phi) is 6.57. The van der Waals surface area contributed by atoms with E-state index in [9.17, 15) is 0 Å². The van der Waals surface area contributed by atoms with Gasteiger partial charge in [0.2, 0.25) is 0 Å². The van der Waals surface area contributed by atoms with Crippen LogP contribution in [-0.4, -0.2) is 13.7 Å². The highest BCUT2D eigenvalue weighted by Crippen LogP contribution is 2.32. The van der Waals surface area contributed by atoms with Gasteiger partial charge in [-0.1, -0.05) is 12.1 Å². The van der Waals surface area contributed by atoms with Gasteiger partial charge in [0.25, 0.3) is 0 Å². The van der Waals surface area contributed by atoms with Crippen LogP contribution in [0.1, 0.15) is 42.7 Å². The summed E-state index contributed by atoms with van der Waals surface area (Å²) >= 11 is 0. The van der Waals surface area contributed by atoms with Gasteiger partial charge in [0, 0.05) is 23.9 Å². The molecule has 0 aliphatic rings. The summed E-state index contributed by atoms with van der Waals surface area (Å²) in [6.07, 6.45) is 1.26. The molecular formula is C23H26N2O3. The summed E-state index contributed by atoms with van der Waals surface area (Å²) in [5, 5.41) is 13.2. The van der Waals surface area contributed by atoms with Crippen molar-refractivity contribution in [1.82, 2.24) is 5.32 Å². The van der Waals surface area contributed by atoms with Gasteiger partial charge in [0.05, 0.1) is 25.8 Å². The van der Waals surface area contributed by atoms with E-state index in [4.69, 9.17) is 19.2 Å². The molecular weight excluding hydrogens is 352 g/mol. The zero-order valence-electron chi connectivity index (χ0n) is 16.6. The second-order valence-corrected chi connectivity index (χ2v) is 6.81. The first kappa shape index (κ1) is 19.8. The topological polar surface area (TPSA) is 67.4 Å². The first-order chi connectivity index (χ1) is 13.6. The van der Waals surface area contributed by atoms with Gasteiger partial charge in [0.15, 0.2) is 0 Å². The van der Waals surface area contributed by atoms with Gasteiger partial charge in [-0.3, -0.25) is 0 Å².